The topological polar surface area (TPSA) is 230 Å². The maximum Gasteiger partial charge on any atom is 0.229 e. The second-order valence-electron chi connectivity index (χ2n) is 10.2. The van der Waals surface area contributed by atoms with Gasteiger partial charge in [-0.15, -0.1) is 0 Å². The molecular weight excluding hydrogens is 636 g/mol. The van der Waals surface area contributed by atoms with Crippen molar-refractivity contribution in [2.24, 2.45) is 0 Å². The van der Waals surface area contributed by atoms with Crippen molar-refractivity contribution in [2.75, 3.05) is 13.2 Å². The highest BCUT2D eigenvalue weighted by atomic mass is 79.9. The van der Waals surface area contributed by atoms with Crippen LogP contribution in [0, 0.1) is 0 Å². The first-order chi connectivity index (χ1) is 20.6. The normalized spacial score (nSPS) is 32.8. The average molecular weight is 669 g/mol. The number of aliphatic hydroxyl groups excluding tert-OH is 8. The van der Waals surface area contributed by atoms with Crippen LogP contribution in [-0.2, 0) is 9.47 Å². The highest BCUT2D eigenvalue weighted by molar-refractivity contribution is 9.10. The number of hydrogen-bond donors (Lipinski definition) is 10. The van der Waals surface area contributed by atoms with Gasteiger partial charge in [-0.05, 0) is 30.3 Å². The summed E-state index contributed by atoms with van der Waals surface area (Å²) in [6, 6.07) is 13.0. The second kappa shape index (κ2) is 13.5. The van der Waals surface area contributed by atoms with Crippen molar-refractivity contribution in [1.29, 1.82) is 0 Å². The molecule has 15 heteroatoms. The average Bonchev–Trinajstić information content (AvgIpc) is 3.61. The van der Waals surface area contributed by atoms with E-state index in [1.807, 2.05) is 42.5 Å². The number of rotatable bonds is 6. The van der Waals surface area contributed by atoms with E-state index < -0.39 is 74.6 Å². The number of aromatic nitrogens is 2. The van der Waals surface area contributed by atoms with Crippen LogP contribution in [0.15, 0.2) is 59.3 Å². The predicted molar refractivity (Wildman–Crippen MR) is 153 cm³/mol. The molecule has 10 atom stereocenters. The third kappa shape index (κ3) is 6.52. The summed E-state index contributed by atoms with van der Waals surface area (Å²) in [4.78, 5) is 6.04. The van der Waals surface area contributed by atoms with Gasteiger partial charge in [0.05, 0.1) is 18.7 Å². The third-order valence-electron chi connectivity index (χ3n) is 7.34. The summed E-state index contributed by atoms with van der Waals surface area (Å²) in [7, 11) is 0. The van der Waals surface area contributed by atoms with Crippen LogP contribution in [0.4, 0.5) is 0 Å². The molecule has 4 unspecified atom stereocenters. The van der Waals surface area contributed by atoms with Gasteiger partial charge in [0.2, 0.25) is 12.6 Å². The smallest absolute Gasteiger partial charge is 0.229 e. The maximum absolute atomic E-state index is 9.98. The van der Waals surface area contributed by atoms with E-state index in [-0.39, 0.29) is 0 Å². The molecule has 14 nitrogen and oxygen atoms in total. The summed E-state index contributed by atoms with van der Waals surface area (Å²) in [5.74, 6) is 0.891. The molecule has 0 bridgehead atoms. The number of hydrogen-bond acceptors (Lipinski definition) is 12. The van der Waals surface area contributed by atoms with Crippen LogP contribution in [0.2, 0.25) is 0 Å². The molecule has 0 aliphatic carbocycles. The SMILES string of the molecule is OCC1O[C@@H](Oc2c[nH]c3cc(Br)ccc23)C(O)[C@@H](O)[C@@H]1O.OCC1O[C@@H](Oc2c[nH]c3ccccc23)C(O)[C@@H](O)[C@@H]1O. The number of benzene rings is 2. The Morgan fingerprint density at radius 1 is 0.628 bits per heavy atom. The fourth-order valence-corrected chi connectivity index (χ4v) is 5.25. The molecule has 4 heterocycles. The van der Waals surface area contributed by atoms with Crippen LogP contribution in [0.25, 0.3) is 21.8 Å². The molecule has 0 amide bonds. The van der Waals surface area contributed by atoms with Crippen molar-refractivity contribution in [2.45, 2.75) is 61.4 Å². The minimum atomic E-state index is -1.46. The quantitative estimate of drug-likeness (QED) is 0.125. The van der Waals surface area contributed by atoms with Crippen molar-refractivity contribution in [3.05, 3.63) is 59.3 Å². The lowest BCUT2D eigenvalue weighted by molar-refractivity contribution is -0.277. The number of halogens is 1. The Morgan fingerprint density at radius 2 is 1.12 bits per heavy atom. The molecule has 2 aliphatic heterocycles. The summed E-state index contributed by atoms with van der Waals surface area (Å²) in [5.41, 5.74) is 1.69. The van der Waals surface area contributed by atoms with Crippen LogP contribution >= 0.6 is 15.9 Å². The molecule has 0 radical (unpaired) electrons. The van der Waals surface area contributed by atoms with Crippen molar-refractivity contribution in [1.82, 2.24) is 9.97 Å². The number of ether oxygens (including phenoxy) is 4. The molecule has 2 aromatic carbocycles. The van der Waals surface area contributed by atoms with E-state index >= 15 is 0 Å². The third-order valence-corrected chi connectivity index (χ3v) is 7.83. The summed E-state index contributed by atoms with van der Waals surface area (Å²) < 4.78 is 22.7. The molecule has 234 valence electrons. The number of aromatic amines is 2. The summed E-state index contributed by atoms with van der Waals surface area (Å²) in [6.45, 7) is -0.982. The minimum absolute atomic E-state index is 0.437. The molecule has 0 saturated carbocycles. The highest BCUT2D eigenvalue weighted by Crippen LogP contribution is 2.32. The molecule has 2 aliphatic rings. The highest BCUT2D eigenvalue weighted by Gasteiger charge is 2.46. The van der Waals surface area contributed by atoms with Gasteiger partial charge in [0.15, 0.2) is 0 Å². The lowest BCUT2D eigenvalue weighted by Crippen LogP contribution is -2.60. The fourth-order valence-electron chi connectivity index (χ4n) is 4.89. The van der Waals surface area contributed by atoms with Gasteiger partial charge in [-0.3, -0.25) is 0 Å². The second-order valence-corrected chi connectivity index (χ2v) is 11.1. The molecule has 43 heavy (non-hydrogen) atoms. The zero-order valence-electron chi connectivity index (χ0n) is 22.5. The Labute approximate surface area is 252 Å². The largest absolute Gasteiger partial charge is 0.460 e. The van der Waals surface area contributed by atoms with E-state index in [2.05, 4.69) is 25.9 Å². The first-order valence-electron chi connectivity index (χ1n) is 13.4. The van der Waals surface area contributed by atoms with Gasteiger partial charge in [-0.1, -0.05) is 28.1 Å². The van der Waals surface area contributed by atoms with Gasteiger partial charge in [0.25, 0.3) is 0 Å². The van der Waals surface area contributed by atoms with Gasteiger partial charge >= 0.3 is 0 Å². The van der Waals surface area contributed by atoms with Crippen LogP contribution < -0.4 is 9.47 Å². The van der Waals surface area contributed by atoms with Crippen molar-refractivity contribution < 1.29 is 59.8 Å². The molecule has 0 spiro atoms. The van der Waals surface area contributed by atoms with Gasteiger partial charge < -0.3 is 69.8 Å². The Kier molecular flexibility index (Phi) is 9.89. The van der Waals surface area contributed by atoms with E-state index in [1.165, 1.54) is 0 Å². The van der Waals surface area contributed by atoms with E-state index in [1.54, 1.807) is 12.4 Å². The molecular formula is C28H33BrN2O12. The van der Waals surface area contributed by atoms with Gasteiger partial charge in [0, 0.05) is 33.2 Å². The van der Waals surface area contributed by atoms with Gasteiger partial charge in [-0.25, -0.2) is 0 Å². The van der Waals surface area contributed by atoms with Crippen LogP contribution in [0.1, 0.15) is 0 Å². The first-order valence-corrected chi connectivity index (χ1v) is 14.2. The summed E-state index contributed by atoms with van der Waals surface area (Å²) in [5, 5.41) is 78.8. The molecule has 2 fully saturated rings. The van der Waals surface area contributed by atoms with Crippen LogP contribution in [0.5, 0.6) is 11.5 Å². The van der Waals surface area contributed by atoms with Crippen molar-refractivity contribution in [3.8, 4) is 11.5 Å². The van der Waals surface area contributed by atoms with Gasteiger partial charge in [0.1, 0.15) is 60.3 Å². The fraction of sp³-hybridized carbons (Fsp3) is 0.429. The molecule has 2 saturated heterocycles. The Hall–Kier alpha value is -2.80. The monoisotopic (exact) mass is 668 g/mol. The van der Waals surface area contributed by atoms with E-state index in [0.717, 1.165) is 26.3 Å². The number of H-pyrrole nitrogens is 2. The van der Waals surface area contributed by atoms with Crippen molar-refractivity contribution in [3.63, 3.8) is 0 Å². The standard InChI is InChI=1S/C14H16BrNO6.C14H17NO6/c15-6-1-2-7-8(3-6)16-4-9(7)21-14-13(20)12(19)11(18)10(5-17)22-14;16-6-10-11(17)12(18)13(19)14(21-10)20-9-5-15-8-4-2-1-3-7(8)9/h1-4,10-14,16-20H,5H2;1-5,10-19H,6H2/t2*10?,11-,12+,13?,14-/m11/s1. The molecule has 6 rings (SSSR count). The molecule has 4 aromatic rings. The molecule has 2 aromatic heterocycles. The van der Waals surface area contributed by atoms with Crippen LogP contribution in [0.3, 0.4) is 0 Å². The minimum Gasteiger partial charge on any atom is -0.460 e. The van der Waals surface area contributed by atoms with Crippen molar-refractivity contribution >= 4 is 37.7 Å². The number of aliphatic hydroxyl groups is 8. The predicted octanol–water partition coefficient (Wildman–Crippen LogP) is -0.544. The zero-order chi connectivity index (χ0) is 30.8. The molecule has 10 N–H and O–H groups in total. The Morgan fingerprint density at radius 3 is 1.65 bits per heavy atom. The summed E-state index contributed by atoms with van der Waals surface area (Å²) in [6.07, 6.45) is -9.70. The van der Waals surface area contributed by atoms with E-state index in [0.29, 0.717) is 11.5 Å². The Balaban J connectivity index is 0.000000171. The summed E-state index contributed by atoms with van der Waals surface area (Å²) >= 11 is 3.37. The number of para-hydroxylation sites is 1. The maximum atomic E-state index is 9.98. The lowest BCUT2D eigenvalue weighted by atomic mass is 9.99. The first kappa shape index (κ1) is 31.6. The van der Waals surface area contributed by atoms with Crippen LogP contribution in [-0.4, -0.2) is 125 Å². The zero-order valence-corrected chi connectivity index (χ0v) is 24.1. The van der Waals surface area contributed by atoms with E-state index in [4.69, 9.17) is 29.2 Å². The van der Waals surface area contributed by atoms with E-state index in [9.17, 15) is 30.6 Å². The Bertz CT molecular complexity index is 1490. The lowest BCUT2D eigenvalue weighted by Gasteiger charge is -2.39. The number of fused-ring (bicyclic) bond motifs is 2. The van der Waals surface area contributed by atoms with Gasteiger partial charge in [-0.2, -0.15) is 0 Å². The number of nitrogens with one attached hydrogen (secondary N) is 2.